The molecule has 25 heavy (non-hydrogen) atoms. The number of aryl methyl sites for hydroxylation is 1. The maximum Gasteiger partial charge on any atom is 0.307 e. The summed E-state index contributed by atoms with van der Waals surface area (Å²) in [5, 5.41) is 9.31. The Morgan fingerprint density at radius 3 is 2.48 bits per heavy atom. The van der Waals surface area contributed by atoms with Crippen LogP contribution in [0.3, 0.4) is 0 Å². The monoisotopic (exact) mass is 369 g/mol. The van der Waals surface area contributed by atoms with E-state index in [-0.39, 0.29) is 23.3 Å². The highest BCUT2D eigenvalue weighted by Gasteiger charge is 2.37. The lowest BCUT2D eigenvalue weighted by Crippen LogP contribution is -2.45. The van der Waals surface area contributed by atoms with Crippen molar-refractivity contribution in [3.63, 3.8) is 0 Å². The van der Waals surface area contributed by atoms with Crippen molar-refractivity contribution in [1.29, 1.82) is 0 Å². The average Bonchev–Trinajstić information content (AvgIpc) is 2.53. The first-order valence-corrected chi connectivity index (χ1v) is 9.93. The molecule has 1 heterocycles. The zero-order valence-electron chi connectivity index (χ0n) is 15.4. The molecule has 0 aromatic heterocycles. The fourth-order valence-corrected chi connectivity index (χ4v) is 5.25. The first-order valence-electron chi connectivity index (χ1n) is 8.49. The van der Waals surface area contributed by atoms with Gasteiger partial charge in [0.05, 0.1) is 17.9 Å². The summed E-state index contributed by atoms with van der Waals surface area (Å²) in [6.07, 6.45) is 0.500. The molecule has 0 radical (unpaired) electrons. The summed E-state index contributed by atoms with van der Waals surface area (Å²) in [5.41, 5.74) is 1.43. The summed E-state index contributed by atoms with van der Waals surface area (Å²) in [5.74, 6) is -0.825. The number of piperidine rings is 1. The van der Waals surface area contributed by atoms with E-state index in [2.05, 4.69) is 0 Å². The van der Waals surface area contributed by atoms with E-state index in [4.69, 9.17) is 4.74 Å². The Bertz CT molecular complexity index is 757. The van der Waals surface area contributed by atoms with Crippen molar-refractivity contribution in [3.05, 3.63) is 23.3 Å². The smallest absolute Gasteiger partial charge is 0.307 e. The van der Waals surface area contributed by atoms with E-state index in [0.29, 0.717) is 24.3 Å². The molecule has 140 valence electrons. The molecule has 2 unspecified atom stereocenters. The molecular weight excluding hydrogens is 342 g/mol. The summed E-state index contributed by atoms with van der Waals surface area (Å²) in [6, 6.07) is 3.41. The number of hydrogen-bond acceptors (Lipinski definition) is 4. The van der Waals surface area contributed by atoms with E-state index in [9.17, 15) is 18.3 Å². The van der Waals surface area contributed by atoms with Crippen molar-refractivity contribution in [2.45, 2.75) is 44.9 Å². The van der Waals surface area contributed by atoms with Crippen molar-refractivity contribution < 1.29 is 23.1 Å². The van der Waals surface area contributed by atoms with Gasteiger partial charge in [-0.1, -0.05) is 20.8 Å². The van der Waals surface area contributed by atoms with E-state index in [1.807, 2.05) is 20.8 Å². The molecule has 1 N–H and O–H groups in total. The standard InChI is InChI=1S/C18H27NO5S/c1-11(2)15-8-17(13(4)7-16(15)24-5)25(22,23)19-9-12(3)6-14(10-19)18(20)21/h7-8,11-12,14H,6,9-10H2,1-5H3,(H,20,21). The highest BCUT2D eigenvalue weighted by atomic mass is 32.2. The van der Waals surface area contributed by atoms with Crippen LogP contribution in [0.4, 0.5) is 0 Å². The molecule has 1 aliphatic rings. The molecule has 1 aromatic rings. The number of ether oxygens (including phenoxy) is 1. The van der Waals surface area contributed by atoms with Crippen LogP contribution in [0.2, 0.25) is 0 Å². The molecule has 1 saturated heterocycles. The number of sulfonamides is 1. The lowest BCUT2D eigenvalue weighted by molar-refractivity contribution is -0.143. The quantitative estimate of drug-likeness (QED) is 0.863. The van der Waals surface area contributed by atoms with E-state index in [1.165, 1.54) is 4.31 Å². The minimum absolute atomic E-state index is 0.00717. The Hall–Kier alpha value is -1.60. The van der Waals surface area contributed by atoms with Crippen LogP contribution in [0, 0.1) is 18.8 Å². The average molecular weight is 369 g/mol. The van der Waals surface area contributed by atoms with Gasteiger partial charge in [0, 0.05) is 13.1 Å². The molecule has 1 aliphatic heterocycles. The topological polar surface area (TPSA) is 83.9 Å². The number of aliphatic carboxylic acids is 1. The number of nitrogens with zero attached hydrogens (tertiary/aromatic N) is 1. The van der Waals surface area contributed by atoms with Crippen molar-refractivity contribution in [1.82, 2.24) is 4.31 Å². The molecule has 2 rings (SSSR count). The van der Waals surface area contributed by atoms with Crippen LogP contribution in [0.25, 0.3) is 0 Å². The molecule has 0 aliphatic carbocycles. The van der Waals surface area contributed by atoms with Gasteiger partial charge in [-0.3, -0.25) is 4.79 Å². The predicted molar refractivity (Wildman–Crippen MR) is 95.5 cm³/mol. The van der Waals surface area contributed by atoms with Crippen LogP contribution in [0.15, 0.2) is 17.0 Å². The highest BCUT2D eigenvalue weighted by molar-refractivity contribution is 7.89. The lowest BCUT2D eigenvalue weighted by Gasteiger charge is -2.34. The molecule has 1 aromatic carbocycles. The molecule has 0 bridgehead atoms. The van der Waals surface area contributed by atoms with Gasteiger partial charge in [0.25, 0.3) is 0 Å². The van der Waals surface area contributed by atoms with Gasteiger partial charge in [-0.2, -0.15) is 4.31 Å². The summed E-state index contributed by atoms with van der Waals surface area (Å²) < 4.78 is 33.1. The maximum absolute atomic E-state index is 13.2. The predicted octanol–water partition coefficient (Wildman–Crippen LogP) is 2.86. The van der Waals surface area contributed by atoms with Gasteiger partial charge in [0.1, 0.15) is 5.75 Å². The Morgan fingerprint density at radius 2 is 1.96 bits per heavy atom. The van der Waals surface area contributed by atoms with Crippen molar-refractivity contribution >= 4 is 16.0 Å². The Kier molecular flexibility index (Phi) is 5.79. The second kappa shape index (κ2) is 7.33. The third-order valence-corrected chi connectivity index (χ3v) is 6.72. The SMILES string of the molecule is COc1cc(C)c(S(=O)(=O)N2CC(C)CC(C(=O)O)C2)cc1C(C)C. The van der Waals surface area contributed by atoms with Crippen LogP contribution in [-0.2, 0) is 14.8 Å². The summed E-state index contributed by atoms with van der Waals surface area (Å²) >= 11 is 0. The molecule has 0 saturated carbocycles. The van der Waals surface area contributed by atoms with Crippen LogP contribution in [0.1, 0.15) is 44.2 Å². The molecule has 2 atom stereocenters. The summed E-state index contributed by atoms with van der Waals surface area (Å²) in [4.78, 5) is 11.6. The fourth-order valence-electron chi connectivity index (χ4n) is 3.40. The Labute approximate surface area is 149 Å². The zero-order valence-corrected chi connectivity index (χ0v) is 16.3. The largest absolute Gasteiger partial charge is 0.496 e. The number of methoxy groups -OCH3 is 1. The van der Waals surface area contributed by atoms with Gasteiger partial charge in [0.2, 0.25) is 10.0 Å². The number of carboxylic acids is 1. The second-order valence-corrected chi connectivity index (χ2v) is 9.12. The third-order valence-electron chi connectivity index (χ3n) is 4.74. The second-order valence-electron chi connectivity index (χ2n) is 7.21. The van der Waals surface area contributed by atoms with E-state index < -0.39 is 21.9 Å². The van der Waals surface area contributed by atoms with Crippen LogP contribution >= 0.6 is 0 Å². The maximum atomic E-state index is 13.2. The van der Waals surface area contributed by atoms with E-state index >= 15 is 0 Å². The highest BCUT2D eigenvalue weighted by Crippen LogP contribution is 2.34. The molecule has 7 heteroatoms. The number of benzene rings is 1. The molecule has 0 amide bonds. The minimum atomic E-state index is -3.76. The molecular formula is C18H27NO5S. The van der Waals surface area contributed by atoms with Gasteiger partial charge in [-0.25, -0.2) is 8.42 Å². The third kappa shape index (κ3) is 3.98. The van der Waals surface area contributed by atoms with Crippen LogP contribution in [0.5, 0.6) is 5.75 Å². The normalized spacial score (nSPS) is 22.2. The zero-order chi connectivity index (χ0) is 18.9. The first kappa shape index (κ1) is 19.7. The molecule has 6 nitrogen and oxygen atoms in total. The Morgan fingerprint density at radius 1 is 1.32 bits per heavy atom. The molecule has 1 fully saturated rings. The van der Waals surface area contributed by atoms with Gasteiger partial charge < -0.3 is 9.84 Å². The lowest BCUT2D eigenvalue weighted by atomic mass is 9.92. The number of carboxylic acid groups (broad SMARTS) is 1. The van der Waals surface area contributed by atoms with Gasteiger partial charge >= 0.3 is 5.97 Å². The summed E-state index contributed by atoms with van der Waals surface area (Å²) in [7, 11) is -2.19. The van der Waals surface area contributed by atoms with Gasteiger partial charge in [-0.05, 0) is 48.4 Å². The number of hydrogen-bond donors (Lipinski definition) is 1. The summed E-state index contributed by atoms with van der Waals surface area (Å²) in [6.45, 7) is 7.94. The minimum Gasteiger partial charge on any atom is -0.496 e. The van der Waals surface area contributed by atoms with Gasteiger partial charge in [0.15, 0.2) is 0 Å². The molecule has 0 spiro atoms. The van der Waals surface area contributed by atoms with E-state index in [0.717, 1.165) is 5.56 Å². The van der Waals surface area contributed by atoms with Crippen LogP contribution in [-0.4, -0.2) is 44.0 Å². The number of rotatable bonds is 5. The number of carbonyl (C=O) groups is 1. The first-order chi connectivity index (χ1) is 11.6. The van der Waals surface area contributed by atoms with E-state index in [1.54, 1.807) is 26.2 Å². The van der Waals surface area contributed by atoms with Crippen molar-refractivity contribution in [3.8, 4) is 5.75 Å². The fraction of sp³-hybridized carbons (Fsp3) is 0.611. The van der Waals surface area contributed by atoms with Gasteiger partial charge in [-0.15, -0.1) is 0 Å². The van der Waals surface area contributed by atoms with Crippen molar-refractivity contribution in [2.24, 2.45) is 11.8 Å². The van der Waals surface area contributed by atoms with Crippen LogP contribution < -0.4 is 4.74 Å². The Balaban J connectivity index is 2.48. The van der Waals surface area contributed by atoms with Crippen molar-refractivity contribution in [2.75, 3.05) is 20.2 Å².